The molecule has 4 nitrogen and oxygen atoms in total. The highest BCUT2D eigenvalue weighted by molar-refractivity contribution is 7.94. The molecule has 0 aliphatic rings. The van der Waals surface area contributed by atoms with Gasteiger partial charge < -0.3 is 9.29 Å². The van der Waals surface area contributed by atoms with Crippen molar-refractivity contribution in [3.8, 4) is 0 Å². The van der Waals surface area contributed by atoms with Crippen LogP contribution in [0.5, 0.6) is 0 Å². The van der Waals surface area contributed by atoms with Crippen molar-refractivity contribution in [1.82, 2.24) is 0 Å². The molecule has 0 aliphatic heterocycles. The van der Waals surface area contributed by atoms with Crippen LogP contribution in [0.25, 0.3) is 0 Å². The largest absolute Gasteiger partial charge is 0.743 e. The first-order valence-corrected chi connectivity index (χ1v) is 15.6. The van der Waals surface area contributed by atoms with Gasteiger partial charge in [0.1, 0.15) is 17.3 Å². The number of hydrogen-bond donors (Lipinski definition) is 0. The minimum atomic E-state index is -6.03. The molecule has 1 unspecified atom stereocenters. The molecule has 1 atom stereocenters. The highest BCUT2D eigenvalue weighted by atomic mass is 32.2. The van der Waals surface area contributed by atoms with Gasteiger partial charge in [-0.1, -0.05) is 121 Å². The number of hydrogen-bond acceptors (Lipinski definition) is 4. The van der Waals surface area contributed by atoms with Crippen molar-refractivity contribution in [1.29, 1.82) is 0 Å². The van der Waals surface area contributed by atoms with Crippen molar-refractivity contribution in [2.24, 2.45) is 0 Å². The Morgan fingerprint density at radius 3 is 1.30 bits per heavy atom. The normalized spacial score (nSPS) is 12.4. The Labute approximate surface area is 236 Å². The first-order valence-electron chi connectivity index (χ1n) is 12.5. The SMILES string of the molecule is O=S(=O)([O-])C(F)(F)C(F)COCc1ccccc1.c1ccc(C[S+](Cc2ccccc2)Cc2ccccc2)cc1. The lowest BCUT2D eigenvalue weighted by Crippen LogP contribution is -2.41. The molecule has 212 valence electrons. The van der Waals surface area contributed by atoms with Crippen LogP contribution in [-0.4, -0.2) is 31.0 Å². The third-order valence-corrected chi connectivity index (χ3v) is 8.86. The van der Waals surface area contributed by atoms with E-state index in [1.807, 2.05) is 0 Å². The number of halogens is 3. The summed E-state index contributed by atoms with van der Waals surface area (Å²) in [5.74, 6) is 3.47. The van der Waals surface area contributed by atoms with E-state index in [4.69, 9.17) is 0 Å². The summed E-state index contributed by atoms with van der Waals surface area (Å²) in [6.45, 7) is -1.33. The number of alkyl halides is 3. The second kappa shape index (κ2) is 15.6. The van der Waals surface area contributed by atoms with Gasteiger partial charge in [0.2, 0.25) is 6.17 Å². The second-order valence-electron chi connectivity index (χ2n) is 8.99. The zero-order valence-corrected chi connectivity index (χ0v) is 23.4. The molecule has 9 heteroatoms. The molecule has 0 fully saturated rings. The fourth-order valence-corrected chi connectivity index (χ4v) is 6.37. The van der Waals surface area contributed by atoms with Crippen LogP contribution in [0.3, 0.4) is 0 Å². The van der Waals surface area contributed by atoms with Gasteiger partial charge in [0.25, 0.3) is 0 Å². The molecule has 0 saturated carbocycles. The number of benzene rings is 4. The lowest BCUT2D eigenvalue weighted by atomic mass is 10.2. The summed E-state index contributed by atoms with van der Waals surface area (Å²) in [6, 6.07) is 40.9. The Morgan fingerprint density at radius 2 is 0.975 bits per heavy atom. The Balaban J connectivity index is 0.000000226. The molecule has 0 spiro atoms. The van der Waals surface area contributed by atoms with Gasteiger partial charge in [-0.2, -0.15) is 8.78 Å². The van der Waals surface area contributed by atoms with Crippen LogP contribution in [0.15, 0.2) is 121 Å². The van der Waals surface area contributed by atoms with Crippen molar-refractivity contribution in [3.63, 3.8) is 0 Å². The van der Waals surface area contributed by atoms with E-state index in [1.165, 1.54) is 16.7 Å². The van der Waals surface area contributed by atoms with Crippen LogP contribution < -0.4 is 0 Å². The zero-order chi connectivity index (χ0) is 28.8. The Morgan fingerprint density at radius 1 is 0.650 bits per heavy atom. The van der Waals surface area contributed by atoms with E-state index in [2.05, 4.69) is 95.7 Å². The van der Waals surface area contributed by atoms with Gasteiger partial charge in [0.05, 0.1) is 13.2 Å². The van der Waals surface area contributed by atoms with E-state index in [9.17, 15) is 26.1 Å². The van der Waals surface area contributed by atoms with Crippen LogP contribution in [0.4, 0.5) is 13.2 Å². The molecule has 0 amide bonds. The van der Waals surface area contributed by atoms with Crippen LogP contribution >= 0.6 is 0 Å². The van der Waals surface area contributed by atoms with Crippen molar-refractivity contribution >= 4 is 21.0 Å². The van der Waals surface area contributed by atoms with Gasteiger partial charge in [-0.25, -0.2) is 12.8 Å². The Bertz CT molecular complexity index is 1260. The first kappa shape index (κ1) is 31.4. The summed E-state index contributed by atoms with van der Waals surface area (Å²) < 4.78 is 73.3. The Hall–Kier alpha value is -3.11. The van der Waals surface area contributed by atoms with Crippen molar-refractivity contribution < 1.29 is 30.9 Å². The lowest BCUT2D eigenvalue weighted by molar-refractivity contribution is -0.0489. The Kier molecular flexibility index (Phi) is 12.3. The fraction of sp³-hybridized carbons (Fsp3) is 0.226. The van der Waals surface area contributed by atoms with Crippen molar-refractivity contribution in [2.75, 3.05) is 6.61 Å². The number of ether oxygens (including phenoxy) is 1. The summed E-state index contributed by atoms with van der Waals surface area (Å²) in [4.78, 5) is 0. The maximum absolute atomic E-state index is 12.9. The van der Waals surface area contributed by atoms with E-state index < -0.39 is 28.2 Å². The van der Waals surface area contributed by atoms with Gasteiger partial charge >= 0.3 is 5.25 Å². The lowest BCUT2D eigenvalue weighted by Gasteiger charge is -2.23. The van der Waals surface area contributed by atoms with Gasteiger partial charge in [-0.15, -0.1) is 0 Å². The molecule has 0 aliphatic carbocycles. The van der Waals surface area contributed by atoms with Gasteiger partial charge in [0, 0.05) is 27.6 Å². The molecular weight excluding hydrogens is 557 g/mol. The molecule has 0 heterocycles. The summed E-state index contributed by atoms with van der Waals surface area (Å²) in [5.41, 5.74) is 4.94. The summed E-state index contributed by atoms with van der Waals surface area (Å²) >= 11 is 0. The first-order chi connectivity index (χ1) is 19.1. The molecule has 40 heavy (non-hydrogen) atoms. The average molecular weight is 589 g/mol. The van der Waals surface area contributed by atoms with E-state index in [0.717, 1.165) is 17.3 Å². The highest BCUT2D eigenvalue weighted by Gasteiger charge is 2.47. The summed E-state index contributed by atoms with van der Waals surface area (Å²) in [5, 5.41) is -4.98. The van der Waals surface area contributed by atoms with Crippen LogP contribution in [0.1, 0.15) is 22.3 Å². The topological polar surface area (TPSA) is 66.4 Å². The molecular formula is C31H31F3O4S2. The molecule has 0 radical (unpaired) electrons. The molecule has 4 rings (SSSR count). The van der Waals surface area contributed by atoms with Crippen LogP contribution in [0.2, 0.25) is 0 Å². The molecule has 4 aromatic carbocycles. The van der Waals surface area contributed by atoms with Gasteiger partial charge in [-0.3, -0.25) is 0 Å². The quantitative estimate of drug-likeness (QED) is 0.134. The maximum atomic E-state index is 12.9. The minimum Gasteiger partial charge on any atom is -0.743 e. The van der Waals surface area contributed by atoms with Gasteiger partial charge in [0.15, 0.2) is 10.1 Å². The van der Waals surface area contributed by atoms with Crippen LogP contribution in [-0.2, 0) is 49.6 Å². The van der Waals surface area contributed by atoms with E-state index in [-0.39, 0.29) is 6.61 Å². The second-order valence-corrected chi connectivity index (χ2v) is 12.5. The zero-order valence-electron chi connectivity index (χ0n) is 21.7. The molecule has 0 bridgehead atoms. The summed E-state index contributed by atoms with van der Waals surface area (Å²) in [7, 11) is -5.71. The minimum absolute atomic E-state index is 0.157. The summed E-state index contributed by atoms with van der Waals surface area (Å²) in [6.07, 6.45) is -3.19. The van der Waals surface area contributed by atoms with Gasteiger partial charge in [-0.05, 0) is 5.56 Å². The third-order valence-electron chi connectivity index (χ3n) is 5.71. The maximum Gasteiger partial charge on any atom is 0.367 e. The van der Waals surface area contributed by atoms with E-state index >= 15 is 0 Å². The standard InChI is InChI=1S/C21H21S.C10H11F3O4S/c1-4-10-19(11-5-1)16-22(17-20-12-6-2-7-13-20)18-21-14-8-3-9-15-21;11-9(10(12,13)18(14,15)16)7-17-6-8-4-2-1-3-5-8/h1-15H,16-18H2;1-5,9H,6-7H2,(H,14,15,16)/q+1;/p-1. The smallest absolute Gasteiger partial charge is 0.367 e. The predicted octanol–water partition coefficient (Wildman–Crippen LogP) is 6.88. The monoisotopic (exact) mass is 588 g/mol. The molecule has 0 aromatic heterocycles. The highest BCUT2D eigenvalue weighted by Crippen LogP contribution is 2.27. The fourth-order valence-electron chi connectivity index (χ4n) is 3.69. The molecule has 4 aromatic rings. The van der Waals surface area contributed by atoms with E-state index in [1.54, 1.807) is 30.3 Å². The predicted molar refractivity (Wildman–Crippen MR) is 153 cm³/mol. The average Bonchev–Trinajstić information content (AvgIpc) is 2.95. The number of rotatable bonds is 12. The molecule has 0 saturated heterocycles. The third kappa shape index (κ3) is 10.5. The van der Waals surface area contributed by atoms with Crippen molar-refractivity contribution in [2.45, 2.75) is 35.3 Å². The van der Waals surface area contributed by atoms with Crippen molar-refractivity contribution in [3.05, 3.63) is 144 Å². The van der Waals surface area contributed by atoms with Crippen LogP contribution in [0, 0.1) is 0 Å². The van der Waals surface area contributed by atoms with E-state index in [0.29, 0.717) is 16.5 Å². The molecule has 0 N–H and O–H groups in total.